The second kappa shape index (κ2) is 6.95. The number of benzene rings is 1. The summed E-state index contributed by atoms with van der Waals surface area (Å²) < 4.78 is 0. The van der Waals surface area contributed by atoms with E-state index in [1.165, 1.54) is 16.7 Å². The van der Waals surface area contributed by atoms with Crippen LogP contribution in [0.5, 0.6) is 0 Å². The van der Waals surface area contributed by atoms with Gasteiger partial charge in [-0.25, -0.2) is 4.98 Å². The highest BCUT2D eigenvalue weighted by Gasteiger charge is 2.14. The summed E-state index contributed by atoms with van der Waals surface area (Å²) in [6.45, 7) is 2.07. The minimum Gasteiger partial charge on any atom is -0.383 e. The molecule has 0 saturated heterocycles. The Morgan fingerprint density at radius 1 is 1.35 bits per heavy atom. The third-order valence-corrected chi connectivity index (χ3v) is 4.24. The van der Waals surface area contributed by atoms with E-state index in [1.807, 2.05) is 0 Å². The summed E-state index contributed by atoms with van der Waals surface area (Å²) in [6, 6.07) is 10.0. The van der Waals surface area contributed by atoms with Gasteiger partial charge in [0.1, 0.15) is 5.82 Å². The number of nitrogens with two attached hydrogens (primary N) is 2. The maximum absolute atomic E-state index is 5.96. The molecule has 0 fully saturated rings. The molecule has 6 heteroatoms. The van der Waals surface area contributed by atoms with Gasteiger partial charge in [-0.3, -0.25) is 11.3 Å². The molecule has 0 amide bonds. The van der Waals surface area contributed by atoms with E-state index >= 15 is 0 Å². The Morgan fingerprint density at radius 2 is 2.05 bits per heavy atom. The molecule has 0 bridgehead atoms. The number of aromatic nitrogens is 1. The topological polar surface area (TPSA) is 77.0 Å². The number of rotatable bonds is 5. The molecule has 5 N–H and O–H groups in total. The van der Waals surface area contributed by atoms with Crippen molar-refractivity contribution in [3.8, 4) is 0 Å². The Kier molecular flexibility index (Phi) is 5.25. The van der Waals surface area contributed by atoms with Crippen molar-refractivity contribution in [3.05, 3.63) is 52.7 Å². The number of hydrogen-bond donors (Lipinski definition) is 3. The fourth-order valence-electron chi connectivity index (χ4n) is 1.79. The van der Waals surface area contributed by atoms with Gasteiger partial charge in [0.05, 0.1) is 11.1 Å². The Bertz CT molecular complexity index is 574. The molecule has 4 nitrogen and oxygen atoms in total. The van der Waals surface area contributed by atoms with Crippen LogP contribution in [0, 0.1) is 6.92 Å². The van der Waals surface area contributed by atoms with Gasteiger partial charge in [0.25, 0.3) is 0 Å². The van der Waals surface area contributed by atoms with Gasteiger partial charge in [0, 0.05) is 22.4 Å². The van der Waals surface area contributed by atoms with Crippen molar-refractivity contribution in [2.75, 3.05) is 11.5 Å². The number of thioether (sulfide) groups is 1. The molecule has 0 aliphatic heterocycles. The van der Waals surface area contributed by atoms with Gasteiger partial charge in [-0.2, -0.15) is 0 Å². The van der Waals surface area contributed by atoms with Crippen LogP contribution in [0.25, 0.3) is 0 Å². The first-order chi connectivity index (χ1) is 9.60. The number of aryl methyl sites for hydroxylation is 1. The van der Waals surface area contributed by atoms with Crippen LogP contribution < -0.4 is 17.0 Å². The van der Waals surface area contributed by atoms with Crippen molar-refractivity contribution in [2.45, 2.75) is 17.9 Å². The Labute approximate surface area is 127 Å². The molecule has 0 aliphatic carbocycles. The summed E-state index contributed by atoms with van der Waals surface area (Å²) in [4.78, 5) is 5.24. The predicted octanol–water partition coefficient (Wildman–Crippen LogP) is 2.92. The van der Waals surface area contributed by atoms with Gasteiger partial charge in [0.15, 0.2) is 0 Å². The second-order valence-corrected chi connectivity index (χ2v) is 6.00. The molecule has 1 aromatic carbocycles. The maximum atomic E-state index is 5.96. The number of nitrogens with one attached hydrogen (secondary N) is 1. The fourth-order valence-corrected chi connectivity index (χ4v) is 2.92. The van der Waals surface area contributed by atoms with Gasteiger partial charge in [-0.15, -0.1) is 11.8 Å². The Morgan fingerprint density at radius 3 is 2.70 bits per heavy atom. The zero-order valence-electron chi connectivity index (χ0n) is 11.1. The highest BCUT2D eigenvalue weighted by atomic mass is 35.5. The quantitative estimate of drug-likeness (QED) is 0.450. The summed E-state index contributed by atoms with van der Waals surface area (Å²) in [7, 11) is 0. The number of hydrogen-bond acceptors (Lipinski definition) is 5. The van der Waals surface area contributed by atoms with Crippen LogP contribution in [0.1, 0.15) is 17.2 Å². The van der Waals surface area contributed by atoms with E-state index in [0.717, 1.165) is 11.3 Å². The van der Waals surface area contributed by atoms with Crippen molar-refractivity contribution < 1.29 is 0 Å². The lowest BCUT2D eigenvalue weighted by Crippen LogP contribution is -2.30. The van der Waals surface area contributed by atoms with E-state index in [-0.39, 0.29) is 6.04 Å². The Hall–Kier alpha value is -1.27. The van der Waals surface area contributed by atoms with E-state index in [9.17, 15) is 0 Å². The van der Waals surface area contributed by atoms with E-state index < -0.39 is 0 Å². The SMILES string of the molecule is Cc1ccc(SCC(NN)c2cc(Cl)cnc2N)cc1. The zero-order valence-corrected chi connectivity index (χ0v) is 12.7. The summed E-state index contributed by atoms with van der Waals surface area (Å²) in [5, 5.41) is 0.551. The average Bonchev–Trinajstić information content (AvgIpc) is 2.45. The van der Waals surface area contributed by atoms with E-state index in [1.54, 1.807) is 17.8 Å². The van der Waals surface area contributed by atoms with Crippen LogP contribution in [-0.4, -0.2) is 10.7 Å². The largest absolute Gasteiger partial charge is 0.383 e. The first-order valence-electron chi connectivity index (χ1n) is 6.16. The zero-order chi connectivity index (χ0) is 14.5. The van der Waals surface area contributed by atoms with E-state index in [0.29, 0.717) is 10.8 Å². The molecule has 2 rings (SSSR count). The van der Waals surface area contributed by atoms with Crippen molar-refractivity contribution in [1.29, 1.82) is 0 Å². The first kappa shape index (κ1) is 15.1. The van der Waals surface area contributed by atoms with Crippen LogP contribution in [0.4, 0.5) is 5.82 Å². The first-order valence-corrected chi connectivity index (χ1v) is 7.53. The lowest BCUT2D eigenvalue weighted by atomic mass is 10.1. The molecule has 0 radical (unpaired) electrons. The number of nitrogen functional groups attached to an aromatic ring is 1. The summed E-state index contributed by atoms with van der Waals surface area (Å²) in [6.07, 6.45) is 1.53. The van der Waals surface area contributed by atoms with Crippen LogP contribution in [-0.2, 0) is 0 Å². The Balaban J connectivity index is 2.09. The summed E-state index contributed by atoms with van der Waals surface area (Å²) in [5.74, 6) is 6.81. The van der Waals surface area contributed by atoms with Crippen molar-refractivity contribution in [2.24, 2.45) is 5.84 Å². The fraction of sp³-hybridized carbons (Fsp3) is 0.214. The van der Waals surface area contributed by atoms with Gasteiger partial charge in [-0.05, 0) is 25.1 Å². The van der Waals surface area contributed by atoms with E-state index in [2.05, 4.69) is 41.6 Å². The molecule has 1 heterocycles. The summed E-state index contributed by atoms with van der Waals surface area (Å²) in [5.41, 5.74) is 10.7. The number of hydrazine groups is 1. The molecule has 2 aromatic rings. The van der Waals surface area contributed by atoms with Crippen molar-refractivity contribution in [3.63, 3.8) is 0 Å². The third-order valence-electron chi connectivity index (χ3n) is 2.93. The van der Waals surface area contributed by atoms with Gasteiger partial charge in [0.2, 0.25) is 0 Å². The number of nitrogens with zero attached hydrogens (tertiary/aromatic N) is 1. The van der Waals surface area contributed by atoms with E-state index in [4.69, 9.17) is 23.2 Å². The minimum atomic E-state index is -0.104. The van der Waals surface area contributed by atoms with Gasteiger partial charge in [-0.1, -0.05) is 29.3 Å². The van der Waals surface area contributed by atoms with Gasteiger partial charge >= 0.3 is 0 Å². The molecule has 106 valence electrons. The third kappa shape index (κ3) is 3.86. The van der Waals surface area contributed by atoms with Gasteiger partial charge < -0.3 is 5.73 Å². The van der Waals surface area contributed by atoms with Crippen molar-refractivity contribution >= 4 is 29.2 Å². The molecule has 20 heavy (non-hydrogen) atoms. The second-order valence-electron chi connectivity index (χ2n) is 4.47. The van der Waals surface area contributed by atoms with Crippen LogP contribution in [0.15, 0.2) is 41.4 Å². The number of halogens is 1. The molecule has 1 unspecified atom stereocenters. The molecule has 1 atom stereocenters. The smallest absolute Gasteiger partial charge is 0.128 e. The number of anilines is 1. The minimum absolute atomic E-state index is 0.104. The lowest BCUT2D eigenvalue weighted by Gasteiger charge is -2.17. The average molecular weight is 309 g/mol. The molecule has 0 saturated carbocycles. The normalized spacial score (nSPS) is 12.3. The monoisotopic (exact) mass is 308 g/mol. The molecular weight excluding hydrogens is 292 g/mol. The molecule has 0 aliphatic rings. The highest BCUT2D eigenvalue weighted by Crippen LogP contribution is 2.28. The van der Waals surface area contributed by atoms with Crippen LogP contribution >= 0.6 is 23.4 Å². The number of pyridine rings is 1. The van der Waals surface area contributed by atoms with Crippen LogP contribution in [0.3, 0.4) is 0 Å². The van der Waals surface area contributed by atoms with Crippen LogP contribution in [0.2, 0.25) is 5.02 Å². The predicted molar refractivity (Wildman–Crippen MR) is 85.6 cm³/mol. The van der Waals surface area contributed by atoms with Crippen molar-refractivity contribution in [1.82, 2.24) is 10.4 Å². The molecule has 1 aromatic heterocycles. The molecular formula is C14H17ClN4S. The summed E-state index contributed by atoms with van der Waals surface area (Å²) >= 11 is 7.66. The maximum Gasteiger partial charge on any atom is 0.128 e. The standard InChI is InChI=1S/C14H17ClN4S/c1-9-2-4-11(5-3-9)20-8-13(19-17)12-6-10(15)7-18-14(12)16/h2-7,13,19H,8,17H2,1H3,(H2,16,18). The lowest BCUT2D eigenvalue weighted by molar-refractivity contribution is 0.611. The highest BCUT2D eigenvalue weighted by molar-refractivity contribution is 7.99. The molecule has 0 spiro atoms.